The number of anilines is 2. The first-order valence-corrected chi connectivity index (χ1v) is 11.3. The molecule has 182 valence electrons. The van der Waals surface area contributed by atoms with Gasteiger partial charge in [-0.2, -0.15) is 0 Å². The average Bonchev–Trinajstić information content (AvgIpc) is 2.83. The first-order valence-electron chi connectivity index (χ1n) is 11.3. The number of methoxy groups -OCH3 is 1. The Morgan fingerprint density at radius 2 is 1.71 bits per heavy atom. The number of carbonyl (C=O) groups excluding carboxylic acids is 2. The van der Waals surface area contributed by atoms with E-state index in [0.717, 1.165) is 24.0 Å². The molecule has 0 heterocycles. The summed E-state index contributed by atoms with van der Waals surface area (Å²) >= 11 is 0. The van der Waals surface area contributed by atoms with Crippen molar-refractivity contribution in [3.8, 4) is 5.75 Å². The van der Waals surface area contributed by atoms with Crippen molar-refractivity contribution in [1.29, 1.82) is 0 Å². The molecule has 3 amide bonds. The highest BCUT2D eigenvalue weighted by Crippen LogP contribution is 2.36. The van der Waals surface area contributed by atoms with Gasteiger partial charge < -0.3 is 30.9 Å². The molecule has 34 heavy (non-hydrogen) atoms. The molecule has 1 fully saturated rings. The van der Waals surface area contributed by atoms with E-state index in [4.69, 9.17) is 14.9 Å². The molecule has 1 saturated carbocycles. The van der Waals surface area contributed by atoms with E-state index in [1.807, 2.05) is 43.3 Å². The molecule has 0 aromatic heterocycles. The van der Waals surface area contributed by atoms with Gasteiger partial charge in [0, 0.05) is 11.6 Å². The fraction of sp³-hybridized carbons (Fsp3) is 0.400. The summed E-state index contributed by atoms with van der Waals surface area (Å²) < 4.78 is 5.29. The molecule has 9 heteroatoms. The van der Waals surface area contributed by atoms with Gasteiger partial charge in [-0.15, -0.1) is 0 Å². The minimum absolute atomic E-state index is 0.257. The molecule has 1 aliphatic carbocycles. The number of carboxylic acids is 1. The topological polar surface area (TPSA) is 137 Å². The van der Waals surface area contributed by atoms with Crippen molar-refractivity contribution < 1.29 is 29.3 Å². The monoisotopic (exact) mass is 469 g/mol. The lowest BCUT2D eigenvalue weighted by Crippen LogP contribution is -2.46. The third-order valence-corrected chi connectivity index (χ3v) is 6.14. The number of aliphatic carboxylic acids is 1. The maximum atomic E-state index is 12.4. The Hall–Kier alpha value is -3.59. The van der Waals surface area contributed by atoms with E-state index in [9.17, 15) is 14.4 Å². The SMILES string of the molecule is COc1ccc(C)cc1NC(=O)Nc1ccc(C2CCC(C(=O)N[C@H](CO)C(=O)O)CC2)cc1. The number of aryl methyl sites for hydroxylation is 1. The number of rotatable bonds is 8. The first kappa shape index (κ1) is 25.0. The molecule has 0 aliphatic heterocycles. The second-order valence-electron chi connectivity index (χ2n) is 8.54. The Kier molecular flexibility index (Phi) is 8.48. The molecule has 2 aromatic rings. The van der Waals surface area contributed by atoms with Crippen LogP contribution >= 0.6 is 0 Å². The highest BCUT2D eigenvalue weighted by molar-refractivity contribution is 6.00. The number of nitrogens with one attached hydrogen (secondary N) is 3. The quantitative estimate of drug-likeness (QED) is 0.401. The number of carbonyl (C=O) groups is 3. The molecule has 1 atom stereocenters. The predicted octanol–water partition coefficient (Wildman–Crippen LogP) is 3.48. The summed E-state index contributed by atoms with van der Waals surface area (Å²) in [5.74, 6) is -0.958. The van der Waals surface area contributed by atoms with Crippen LogP contribution < -0.4 is 20.7 Å². The number of aliphatic hydroxyl groups is 1. The Balaban J connectivity index is 1.51. The normalized spacial score (nSPS) is 18.4. The van der Waals surface area contributed by atoms with Crippen LogP contribution in [-0.2, 0) is 9.59 Å². The zero-order valence-electron chi connectivity index (χ0n) is 19.3. The summed E-state index contributed by atoms with van der Waals surface area (Å²) in [6.07, 6.45) is 2.90. The Morgan fingerprint density at radius 3 is 2.29 bits per heavy atom. The van der Waals surface area contributed by atoms with Crippen LogP contribution in [-0.4, -0.2) is 47.9 Å². The van der Waals surface area contributed by atoms with Crippen molar-refractivity contribution in [2.75, 3.05) is 24.4 Å². The third kappa shape index (κ3) is 6.48. The number of hydrogen-bond acceptors (Lipinski definition) is 5. The molecule has 3 rings (SSSR count). The molecule has 0 saturated heterocycles. The number of urea groups is 1. The molecular formula is C25H31N3O6. The molecule has 1 aliphatic rings. The van der Waals surface area contributed by atoms with Crippen LogP contribution in [0.1, 0.15) is 42.7 Å². The van der Waals surface area contributed by atoms with E-state index < -0.39 is 18.6 Å². The van der Waals surface area contributed by atoms with Gasteiger partial charge in [-0.05, 0) is 73.9 Å². The molecule has 2 aromatic carbocycles. The Labute approximate surface area is 198 Å². The summed E-state index contributed by atoms with van der Waals surface area (Å²) in [6.45, 7) is 1.30. The molecule has 0 radical (unpaired) electrons. The zero-order chi connectivity index (χ0) is 24.7. The van der Waals surface area contributed by atoms with Gasteiger partial charge in [0.05, 0.1) is 19.4 Å². The van der Waals surface area contributed by atoms with Crippen molar-refractivity contribution in [1.82, 2.24) is 5.32 Å². The van der Waals surface area contributed by atoms with E-state index >= 15 is 0 Å². The van der Waals surface area contributed by atoms with Crippen molar-refractivity contribution in [3.63, 3.8) is 0 Å². The molecule has 9 nitrogen and oxygen atoms in total. The molecule has 0 unspecified atom stereocenters. The van der Waals surface area contributed by atoms with E-state index in [-0.39, 0.29) is 23.8 Å². The highest BCUT2D eigenvalue weighted by Gasteiger charge is 2.29. The van der Waals surface area contributed by atoms with Crippen LogP contribution in [0.4, 0.5) is 16.2 Å². The summed E-state index contributed by atoms with van der Waals surface area (Å²) in [7, 11) is 1.55. The van der Waals surface area contributed by atoms with Gasteiger partial charge in [0.15, 0.2) is 0 Å². The lowest BCUT2D eigenvalue weighted by atomic mass is 9.78. The van der Waals surface area contributed by atoms with Crippen molar-refractivity contribution in [3.05, 3.63) is 53.6 Å². The molecule has 0 bridgehead atoms. The molecule has 0 spiro atoms. The fourth-order valence-electron chi connectivity index (χ4n) is 4.21. The van der Waals surface area contributed by atoms with Crippen LogP contribution in [0.15, 0.2) is 42.5 Å². The minimum atomic E-state index is -1.27. The van der Waals surface area contributed by atoms with Crippen LogP contribution in [0.5, 0.6) is 5.75 Å². The van der Waals surface area contributed by atoms with Crippen molar-refractivity contribution in [2.45, 2.75) is 44.6 Å². The van der Waals surface area contributed by atoms with Gasteiger partial charge in [0.2, 0.25) is 5.91 Å². The second-order valence-corrected chi connectivity index (χ2v) is 8.54. The maximum absolute atomic E-state index is 12.4. The van der Waals surface area contributed by atoms with Gasteiger partial charge in [0.1, 0.15) is 11.8 Å². The third-order valence-electron chi connectivity index (χ3n) is 6.14. The number of aliphatic hydroxyl groups excluding tert-OH is 1. The summed E-state index contributed by atoms with van der Waals surface area (Å²) in [4.78, 5) is 35.7. The van der Waals surface area contributed by atoms with E-state index in [2.05, 4.69) is 16.0 Å². The van der Waals surface area contributed by atoms with Gasteiger partial charge >= 0.3 is 12.0 Å². The zero-order valence-corrected chi connectivity index (χ0v) is 19.3. The summed E-state index contributed by atoms with van der Waals surface area (Å²) in [6, 6.07) is 11.5. The lowest BCUT2D eigenvalue weighted by Gasteiger charge is -2.28. The lowest BCUT2D eigenvalue weighted by molar-refractivity contribution is -0.143. The van der Waals surface area contributed by atoms with Gasteiger partial charge in [-0.3, -0.25) is 4.79 Å². The van der Waals surface area contributed by atoms with Crippen LogP contribution in [0.2, 0.25) is 0 Å². The number of benzene rings is 2. The van der Waals surface area contributed by atoms with Crippen molar-refractivity contribution >= 4 is 29.3 Å². The Bertz CT molecular complexity index is 1020. The standard InChI is InChI=1S/C25H31N3O6/c1-15-3-12-22(34-2)20(13-15)28-25(33)26-19-10-8-17(9-11-19)16-4-6-18(7-5-16)23(30)27-21(14-29)24(31)32/h3,8-13,16,18,21,29H,4-7,14H2,1-2H3,(H,27,30)(H,31,32)(H2,26,28,33)/t16?,18?,21-/m1/s1. The summed E-state index contributed by atoms with van der Waals surface area (Å²) in [5, 5.41) is 26.1. The number of hydrogen-bond donors (Lipinski definition) is 5. The smallest absolute Gasteiger partial charge is 0.328 e. The van der Waals surface area contributed by atoms with E-state index in [0.29, 0.717) is 30.0 Å². The number of ether oxygens (including phenoxy) is 1. The van der Waals surface area contributed by atoms with Crippen LogP contribution in [0, 0.1) is 12.8 Å². The predicted molar refractivity (Wildman–Crippen MR) is 128 cm³/mol. The van der Waals surface area contributed by atoms with Crippen molar-refractivity contribution in [2.24, 2.45) is 5.92 Å². The van der Waals surface area contributed by atoms with Gasteiger partial charge in [0.25, 0.3) is 0 Å². The van der Waals surface area contributed by atoms with Gasteiger partial charge in [-0.1, -0.05) is 18.2 Å². The second kappa shape index (κ2) is 11.5. The highest BCUT2D eigenvalue weighted by atomic mass is 16.5. The van der Waals surface area contributed by atoms with Crippen LogP contribution in [0.3, 0.4) is 0 Å². The molecule has 5 N–H and O–H groups in total. The molecular weight excluding hydrogens is 438 g/mol. The Morgan fingerprint density at radius 1 is 1.03 bits per heavy atom. The fourth-order valence-corrected chi connectivity index (χ4v) is 4.21. The average molecular weight is 470 g/mol. The van der Waals surface area contributed by atoms with E-state index in [1.165, 1.54) is 0 Å². The number of amides is 3. The van der Waals surface area contributed by atoms with Gasteiger partial charge in [-0.25, -0.2) is 9.59 Å². The number of carboxylic acid groups (broad SMARTS) is 1. The maximum Gasteiger partial charge on any atom is 0.328 e. The van der Waals surface area contributed by atoms with Crippen LogP contribution in [0.25, 0.3) is 0 Å². The first-order chi connectivity index (χ1) is 16.3. The largest absolute Gasteiger partial charge is 0.495 e. The van der Waals surface area contributed by atoms with E-state index in [1.54, 1.807) is 13.2 Å². The minimum Gasteiger partial charge on any atom is -0.495 e. The summed E-state index contributed by atoms with van der Waals surface area (Å²) in [5.41, 5.74) is 3.38.